The molecular formula is C23H29ClN2O6. The molecule has 0 aromatic heterocycles. The molecule has 0 bridgehead atoms. The zero-order valence-electron chi connectivity index (χ0n) is 18.0. The van der Waals surface area contributed by atoms with Crippen LogP contribution in [-0.4, -0.2) is 49.7 Å². The molecule has 2 rings (SSSR count). The van der Waals surface area contributed by atoms with Gasteiger partial charge < -0.3 is 19.5 Å². The highest BCUT2D eigenvalue weighted by atomic mass is 35.5. The van der Waals surface area contributed by atoms with Gasteiger partial charge in [0.25, 0.3) is 5.91 Å². The lowest BCUT2D eigenvalue weighted by molar-refractivity contribution is -0.136. The lowest BCUT2D eigenvalue weighted by atomic mass is 9.99. The van der Waals surface area contributed by atoms with Crippen molar-refractivity contribution in [2.75, 3.05) is 26.6 Å². The summed E-state index contributed by atoms with van der Waals surface area (Å²) in [5.74, 6) is -1.65. The van der Waals surface area contributed by atoms with Crippen LogP contribution in [0.4, 0.5) is 0 Å². The number of ether oxygens (including phenoxy) is 3. The molecule has 0 unspecified atom stereocenters. The summed E-state index contributed by atoms with van der Waals surface area (Å²) >= 11 is 5.89. The second kappa shape index (κ2) is 14.5. The Morgan fingerprint density at radius 1 is 1.00 bits per heavy atom. The van der Waals surface area contributed by atoms with Crippen LogP contribution in [0.15, 0.2) is 54.6 Å². The number of hydroxylamine groups is 1. The van der Waals surface area contributed by atoms with Crippen molar-refractivity contribution in [3.8, 4) is 0 Å². The Bertz CT molecular complexity index is 819. The maximum Gasteiger partial charge on any atom is 0.251 e. The van der Waals surface area contributed by atoms with Crippen LogP contribution in [0, 0.1) is 5.92 Å². The largest absolute Gasteiger partial charge is 0.376 e. The van der Waals surface area contributed by atoms with Gasteiger partial charge in [0.05, 0.1) is 31.8 Å². The minimum absolute atomic E-state index is 0.0556. The van der Waals surface area contributed by atoms with Gasteiger partial charge in [0.1, 0.15) is 6.79 Å². The predicted octanol–water partition coefficient (Wildman–Crippen LogP) is 3.18. The molecule has 8 nitrogen and oxygen atoms in total. The Kier molecular flexibility index (Phi) is 11.7. The third-order valence-corrected chi connectivity index (χ3v) is 4.86. The molecular weight excluding hydrogens is 436 g/mol. The van der Waals surface area contributed by atoms with Gasteiger partial charge in [-0.15, -0.1) is 0 Å². The molecule has 0 aliphatic heterocycles. The van der Waals surface area contributed by atoms with E-state index in [0.717, 1.165) is 5.56 Å². The van der Waals surface area contributed by atoms with Crippen LogP contribution in [0.3, 0.4) is 0 Å². The maximum absolute atomic E-state index is 12.7. The van der Waals surface area contributed by atoms with E-state index in [2.05, 4.69) is 5.32 Å². The lowest BCUT2D eigenvalue weighted by Gasteiger charge is -2.23. The van der Waals surface area contributed by atoms with E-state index in [0.29, 0.717) is 23.8 Å². The number of hydrogen-bond donors (Lipinski definition) is 3. The monoisotopic (exact) mass is 464 g/mol. The Morgan fingerprint density at radius 2 is 1.72 bits per heavy atom. The third kappa shape index (κ3) is 9.33. The van der Waals surface area contributed by atoms with E-state index in [1.807, 2.05) is 37.3 Å². The van der Waals surface area contributed by atoms with Crippen molar-refractivity contribution in [3.63, 3.8) is 0 Å². The normalized spacial score (nSPS) is 12.7. The molecule has 0 saturated heterocycles. The number of benzene rings is 2. The first kappa shape index (κ1) is 25.8. The van der Waals surface area contributed by atoms with Crippen LogP contribution in [0.5, 0.6) is 0 Å². The van der Waals surface area contributed by atoms with E-state index in [4.69, 9.17) is 31.0 Å². The van der Waals surface area contributed by atoms with Crippen LogP contribution in [-0.2, 0) is 25.6 Å². The van der Waals surface area contributed by atoms with Crippen LogP contribution in [0.2, 0.25) is 5.02 Å². The summed E-state index contributed by atoms with van der Waals surface area (Å²) in [4.78, 5) is 24.9. The second-order valence-corrected chi connectivity index (χ2v) is 7.50. The Balaban J connectivity index is 2.01. The van der Waals surface area contributed by atoms with E-state index in [-0.39, 0.29) is 32.3 Å². The van der Waals surface area contributed by atoms with Crippen molar-refractivity contribution in [2.45, 2.75) is 26.0 Å². The van der Waals surface area contributed by atoms with E-state index < -0.39 is 17.9 Å². The van der Waals surface area contributed by atoms with Gasteiger partial charge in [-0.25, -0.2) is 5.48 Å². The number of amides is 2. The quantitative estimate of drug-likeness (QED) is 0.171. The molecule has 2 atom stereocenters. The average molecular weight is 465 g/mol. The Morgan fingerprint density at radius 3 is 2.38 bits per heavy atom. The summed E-state index contributed by atoms with van der Waals surface area (Å²) in [5, 5.41) is 12.5. The number of hydrogen-bond acceptors (Lipinski definition) is 6. The lowest BCUT2D eigenvalue weighted by Crippen LogP contribution is -2.43. The molecule has 0 aliphatic carbocycles. The molecule has 2 aromatic rings. The summed E-state index contributed by atoms with van der Waals surface area (Å²) in [7, 11) is 0. The van der Waals surface area contributed by atoms with E-state index in [1.54, 1.807) is 29.7 Å². The summed E-state index contributed by atoms with van der Waals surface area (Å²) in [6.45, 7) is 2.89. The standard InChI is InChI=1S/C23H29ClN2O6/c1-2-30-16-32-15-21(25-22(27)18-8-10-20(24)11-9-18)12-19(23(28)26-29)14-31-13-17-6-4-3-5-7-17/h3-11,19,21,29H,2,12-16H2,1H3,(H,25,27)(H,26,28)/t19-,21+/m1/s1. The van der Waals surface area contributed by atoms with Gasteiger partial charge in [-0.05, 0) is 43.2 Å². The molecule has 0 spiro atoms. The minimum atomic E-state index is -0.713. The first-order chi connectivity index (χ1) is 15.5. The summed E-state index contributed by atoms with van der Waals surface area (Å²) in [6.07, 6.45) is 0.187. The molecule has 3 N–H and O–H groups in total. The summed E-state index contributed by atoms with van der Waals surface area (Å²) in [6, 6.07) is 15.5. The number of carbonyl (C=O) groups is 2. The number of halogens is 1. The molecule has 0 saturated carbocycles. The fourth-order valence-electron chi connectivity index (χ4n) is 2.95. The summed E-state index contributed by atoms with van der Waals surface area (Å²) in [5.41, 5.74) is 3.06. The molecule has 0 radical (unpaired) electrons. The van der Waals surface area contributed by atoms with Gasteiger partial charge in [0.15, 0.2) is 0 Å². The maximum atomic E-state index is 12.7. The molecule has 0 fully saturated rings. The van der Waals surface area contributed by atoms with Crippen molar-refractivity contribution in [3.05, 3.63) is 70.7 Å². The van der Waals surface area contributed by atoms with Crippen molar-refractivity contribution >= 4 is 23.4 Å². The van der Waals surface area contributed by atoms with Crippen LogP contribution < -0.4 is 10.8 Å². The first-order valence-electron chi connectivity index (χ1n) is 10.3. The van der Waals surface area contributed by atoms with Gasteiger partial charge in [0.2, 0.25) is 5.91 Å². The van der Waals surface area contributed by atoms with Crippen LogP contribution in [0.25, 0.3) is 0 Å². The van der Waals surface area contributed by atoms with Gasteiger partial charge in [-0.3, -0.25) is 14.8 Å². The molecule has 0 aliphatic rings. The fraction of sp³-hybridized carbons (Fsp3) is 0.391. The highest BCUT2D eigenvalue weighted by molar-refractivity contribution is 6.30. The molecule has 2 aromatic carbocycles. The summed E-state index contributed by atoms with van der Waals surface area (Å²) < 4.78 is 16.4. The van der Waals surface area contributed by atoms with Gasteiger partial charge in [-0.2, -0.15) is 0 Å². The average Bonchev–Trinajstić information content (AvgIpc) is 2.81. The van der Waals surface area contributed by atoms with Crippen molar-refractivity contribution < 1.29 is 29.0 Å². The van der Waals surface area contributed by atoms with Crippen molar-refractivity contribution in [1.29, 1.82) is 0 Å². The van der Waals surface area contributed by atoms with Gasteiger partial charge in [0, 0.05) is 17.2 Å². The van der Waals surface area contributed by atoms with Crippen LogP contribution >= 0.6 is 11.6 Å². The first-order valence-corrected chi connectivity index (χ1v) is 10.7. The highest BCUT2D eigenvalue weighted by Gasteiger charge is 2.25. The molecule has 174 valence electrons. The number of nitrogens with one attached hydrogen (secondary N) is 2. The Hall–Kier alpha value is -2.49. The zero-order chi connectivity index (χ0) is 23.2. The van der Waals surface area contributed by atoms with E-state index in [1.165, 1.54) is 0 Å². The van der Waals surface area contributed by atoms with E-state index in [9.17, 15) is 9.59 Å². The van der Waals surface area contributed by atoms with Crippen molar-refractivity contribution in [1.82, 2.24) is 10.8 Å². The van der Waals surface area contributed by atoms with E-state index >= 15 is 0 Å². The fourth-order valence-corrected chi connectivity index (χ4v) is 3.08. The highest BCUT2D eigenvalue weighted by Crippen LogP contribution is 2.13. The molecule has 0 heterocycles. The number of carbonyl (C=O) groups excluding carboxylic acids is 2. The molecule has 2 amide bonds. The smallest absolute Gasteiger partial charge is 0.251 e. The van der Waals surface area contributed by atoms with Crippen molar-refractivity contribution in [2.24, 2.45) is 5.92 Å². The topological polar surface area (TPSA) is 106 Å². The zero-order valence-corrected chi connectivity index (χ0v) is 18.7. The van der Waals surface area contributed by atoms with Gasteiger partial charge >= 0.3 is 0 Å². The molecule has 32 heavy (non-hydrogen) atoms. The Labute approximate surface area is 192 Å². The molecule has 9 heteroatoms. The SMILES string of the molecule is CCOCOC[C@H](C[C@H](COCc1ccccc1)C(=O)NO)NC(=O)c1ccc(Cl)cc1. The number of rotatable bonds is 14. The third-order valence-electron chi connectivity index (χ3n) is 4.61. The second-order valence-electron chi connectivity index (χ2n) is 7.07. The van der Waals surface area contributed by atoms with Crippen LogP contribution in [0.1, 0.15) is 29.3 Å². The van der Waals surface area contributed by atoms with Gasteiger partial charge in [-0.1, -0.05) is 41.9 Å². The minimum Gasteiger partial charge on any atom is -0.376 e. The predicted molar refractivity (Wildman–Crippen MR) is 119 cm³/mol.